The Balaban J connectivity index is 2.12. The van der Waals surface area contributed by atoms with Gasteiger partial charge in [-0.15, -0.1) is 0 Å². The van der Waals surface area contributed by atoms with Gasteiger partial charge in [0.05, 0.1) is 7.11 Å². The van der Waals surface area contributed by atoms with Gasteiger partial charge in [0.2, 0.25) is 0 Å². The van der Waals surface area contributed by atoms with E-state index in [9.17, 15) is 0 Å². The predicted molar refractivity (Wildman–Crippen MR) is 79.2 cm³/mol. The molecule has 0 aromatic heterocycles. The third kappa shape index (κ3) is 3.26. The second-order valence-corrected chi connectivity index (χ2v) is 5.09. The first-order chi connectivity index (χ1) is 8.69. The number of anilines is 1. The topological polar surface area (TPSA) is 21.3 Å². The molecule has 3 heteroatoms. The highest BCUT2D eigenvalue weighted by Gasteiger charge is 2.03. The molecule has 0 spiro atoms. The Morgan fingerprint density at radius 1 is 1.17 bits per heavy atom. The molecule has 2 nitrogen and oxygen atoms in total. The van der Waals surface area contributed by atoms with E-state index in [1.807, 2.05) is 24.3 Å². The Hall–Kier alpha value is -1.48. The number of halogens is 1. The summed E-state index contributed by atoms with van der Waals surface area (Å²) in [6, 6.07) is 14.3. The fourth-order valence-corrected chi connectivity index (χ4v) is 2.24. The van der Waals surface area contributed by atoms with Gasteiger partial charge in [0.15, 0.2) is 0 Å². The monoisotopic (exact) mass is 305 g/mol. The molecule has 0 aliphatic heterocycles. The second kappa shape index (κ2) is 5.91. The van der Waals surface area contributed by atoms with Crippen molar-refractivity contribution < 1.29 is 4.74 Å². The van der Waals surface area contributed by atoms with Crippen molar-refractivity contribution in [1.29, 1.82) is 0 Å². The predicted octanol–water partition coefficient (Wildman–Crippen LogP) is 4.38. The number of hydrogen-bond donors (Lipinski definition) is 1. The van der Waals surface area contributed by atoms with E-state index in [2.05, 4.69) is 46.4 Å². The van der Waals surface area contributed by atoms with Crippen LogP contribution in [-0.2, 0) is 6.54 Å². The summed E-state index contributed by atoms with van der Waals surface area (Å²) in [4.78, 5) is 0. The third-order valence-electron chi connectivity index (χ3n) is 2.74. The summed E-state index contributed by atoms with van der Waals surface area (Å²) in [5.41, 5.74) is 3.49. The van der Waals surface area contributed by atoms with Crippen LogP contribution < -0.4 is 10.1 Å². The molecular weight excluding hydrogens is 290 g/mol. The number of rotatable bonds is 4. The average molecular weight is 306 g/mol. The van der Waals surface area contributed by atoms with Crippen LogP contribution in [0.1, 0.15) is 11.1 Å². The summed E-state index contributed by atoms with van der Waals surface area (Å²) in [7, 11) is 1.70. The molecule has 0 heterocycles. The van der Waals surface area contributed by atoms with Crippen LogP contribution in [0, 0.1) is 6.92 Å². The molecule has 18 heavy (non-hydrogen) atoms. The van der Waals surface area contributed by atoms with Gasteiger partial charge >= 0.3 is 0 Å². The number of hydrogen-bond acceptors (Lipinski definition) is 2. The molecule has 0 fully saturated rings. The molecule has 2 rings (SSSR count). The maximum Gasteiger partial charge on any atom is 0.123 e. The Morgan fingerprint density at radius 3 is 2.72 bits per heavy atom. The van der Waals surface area contributed by atoms with Gasteiger partial charge in [0.1, 0.15) is 5.75 Å². The Morgan fingerprint density at radius 2 is 2.00 bits per heavy atom. The van der Waals surface area contributed by atoms with E-state index in [-0.39, 0.29) is 0 Å². The molecule has 2 aromatic carbocycles. The summed E-state index contributed by atoms with van der Waals surface area (Å²) >= 11 is 3.46. The molecule has 0 saturated carbocycles. The summed E-state index contributed by atoms with van der Waals surface area (Å²) in [6.07, 6.45) is 0. The van der Waals surface area contributed by atoms with E-state index < -0.39 is 0 Å². The van der Waals surface area contributed by atoms with E-state index >= 15 is 0 Å². The lowest BCUT2D eigenvalue weighted by molar-refractivity contribution is 0.410. The average Bonchev–Trinajstić information content (AvgIpc) is 2.37. The minimum absolute atomic E-state index is 0.751. The largest absolute Gasteiger partial charge is 0.496 e. The van der Waals surface area contributed by atoms with Crippen molar-refractivity contribution in [3.8, 4) is 5.75 Å². The van der Waals surface area contributed by atoms with Crippen LogP contribution in [0.4, 0.5) is 5.69 Å². The van der Waals surface area contributed by atoms with Crippen molar-refractivity contribution in [2.24, 2.45) is 0 Å². The molecule has 94 valence electrons. The van der Waals surface area contributed by atoms with E-state index in [1.54, 1.807) is 7.11 Å². The van der Waals surface area contributed by atoms with Crippen LogP contribution in [0.25, 0.3) is 0 Å². The lowest BCUT2D eigenvalue weighted by Crippen LogP contribution is -2.02. The smallest absolute Gasteiger partial charge is 0.123 e. The molecule has 0 unspecified atom stereocenters. The number of aryl methyl sites for hydroxylation is 1. The van der Waals surface area contributed by atoms with Crippen LogP contribution in [0.3, 0.4) is 0 Å². The van der Waals surface area contributed by atoms with Gasteiger partial charge in [-0.05, 0) is 31.2 Å². The maximum absolute atomic E-state index is 5.36. The molecule has 0 amide bonds. The van der Waals surface area contributed by atoms with Gasteiger partial charge < -0.3 is 10.1 Å². The molecule has 0 saturated heterocycles. The van der Waals surface area contributed by atoms with Gasteiger partial charge in [0.25, 0.3) is 0 Å². The van der Waals surface area contributed by atoms with Crippen LogP contribution in [-0.4, -0.2) is 7.11 Å². The lowest BCUT2D eigenvalue weighted by Gasteiger charge is -2.11. The number of methoxy groups -OCH3 is 1. The van der Waals surface area contributed by atoms with Crippen molar-refractivity contribution >= 4 is 21.6 Å². The fraction of sp³-hybridized carbons (Fsp3) is 0.200. The third-order valence-corrected chi connectivity index (χ3v) is 3.24. The summed E-state index contributed by atoms with van der Waals surface area (Å²) < 4.78 is 6.44. The van der Waals surface area contributed by atoms with Crippen molar-refractivity contribution in [1.82, 2.24) is 0 Å². The second-order valence-electron chi connectivity index (χ2n) is 4.18. The first-order valence-electron chi connectivity index (χ1n) is 5.82. The van der Waals surface area contributed by atoms with E-state index in [1.165, 1.54) is 5.56 Å². The van der Waals surface area contributed by atoms with Crippen LogP contribution >= 0.6 is 15.9 Å². The summed E-state index contributed by atoms with van der Waals surface area (Å²) in [6.45, 7) is 2.84. The Kier molecular flexibility index (Phi) is 4.26. The zero-order valence-corrected chi connectivity index (χ0v) is 12.1. The van der Waals surface area contributed by atoms with Crippen molar-refractivity contribution in [3.63, 3.8) is 0 Å². The highest BCUT2D eigenvalue weighted by Crippen LogP contribution is 2.22. The molecule has 1 N–H and O–H groups in total. The molecule has 0 aliphatic carbocycles. The van der Waals surface area contributed by atoms with Gasteiger partial charge in [-0.3, -0.25) is 0 Å². The fourth-order valence-electron chi connectivity index (χ4n) is 1.84. The highest BCUT2D eigenvalue weighted by molar-refractivity contribution is 9.10. The van der Waals surface area contributed by atoms with Crippen LogP contribution in [0.15, 0.2) is 46.9 Å². The molecular formula is C15H16BrNO. The van der Waals surface area contributed by atoms with Crippen molar-refractivity contribution in [3.05, 3.63) is 58.1 Å². The number of nitrogens with one attached hydrogen (secondary N) is 1. The molecule has 0 atom stereocenters. The van der Waals surface area contributed by atoms with Crippen molar-refractivity contribution in [2.75, 3.05) is 12.4 Å². The van der Waals surface area contributed by atoms with Gasteiger partial charge in [-0.2, -0.15) is 0 Å². The van der Waals surface area contributed by atoms with Crippen LogP contribution in [0.2, 0.25) is 0 Å². The van der Waals surface area contributed by atoms with Crippen molar-refractivity contribution in [2.45, 2.75) is 13.5 Å². The zero-order chi connectivity index (χ0) is 13.0. The van der Waals surface area contributed by atoms with Gasteiger partial charge in [-0.25, -0.2) is 0 Å². The zero-order valence-electron chi connectivity index (χ0n) is 10.5. The van der Waals surface area contributed by atoms with Gasteiger partial charge in [0, 0.05) is 22.3 Å². The summed E-state index contributed by atoms with van der Waals surface area (Å²) in [5.74, 6) is 0.920. The Bertz CT molecular complexity index is 540. The SMILES string of the molecule is COc1ccc(C)cc1CNc1cccc(Br)c1. The molecule has 2 aromatic rings. The van der Waals surface area contributed by atoms with E-state index in [4.69, 9.17) is 4.74 Å². The molecule has 0 radical (unpaired) electrons. The summed E-state index contributed by atoms with van der Waals surface area (Å²) in [5, 5.41) is 3.39. The Labute approximate surface area is 116 Å². The minimum atomic E-state index is 0.751. The standard InChI is InChI=1S/C15H16BrNO/c1-11-6-7-15(18-2)12(8-11)10-17-14-5-3-4-13(16)9-14/h3-9,17H,10H2,1-2H3. The number of benzene rings is 2. The van der Waals surface area contributed by atoms with Crippen LogP contribution in [0.5, 0.6) is 5.75 Å². The van der Waals surface area contributed by atoms with E-state index in [0.717, 1.165) is 28.0 Å². The first-order valence-corrected chi connectivity index (χ1v) is 6.61. The quantitative estimate of drug-likeness (QED) is 0.905. The van der Waals surface area contributed by atoms with E-state index in [0.29, 0.717) is 0 Å². The normalized spacial score (nSPS) is 10.2. The lowest BCUT2D eigenvalue weighted by atomic mass is 10.1. The first kappa shape index (κ1) is 13.0. The van der Waals surface area contributed by atoms with Gasteiger partial charge in [-0.1, -0.05) is 39.7 Å². The molecule has 0 aliphatic rings. The maximum atomic E-state index is 5.36. The minimum Gasteiger partial charge on any atom is -0.496 e. The molecule has 0 bridgehead atoms. The number of ether oxygens (including phenoxy) is 1. The highest BCUT2D eigenvalue weighted by atomic mass is 79.9.